The third kappa shape index (κ3) is 4.62. The van der Waals surface area contributed by atoms with Crippen molar-refractivity contribution in [2.24, 2.45) is 5.92 Å². The van der Waals surface area contributed by atoms with Crippen molar-refractivity contribution in [3.63, 3.8) is 0 Å². The molecule has 1 unspecified atom stereocenters. The number of hydrogen-bond acceptors (Lipinski definition) is 5. The van der Waals surface area contributed by atoms with Crippen LogP contribution in [0.25, 0.3) is 17.0 Å². The number of carbonyl (C=O) groups is 1. The van der Waals surface area contributed by atoms with Crippen molar-refractivity contribution in [2.75, 3.05) is 13.7 Å². The first-order valence-corrected chi connectivity index (χ1v) is 11.3. The molecule has 1 aliphatic rings. The number of methoxy groups -OCH3 is 1. The van der Waals surface area contributed by atoms with Gasteiger partial charge in [-0.25, -0.2) is 4.79 Å². The molecule has 2 amide bonds. The van der Waals surface area contributed by atoms with Crippen LogP contribution in [-0.4, -0.2) is 34.7 Å². The van der Waals surface area contributed by atoms with Crippen LogP contribution in [0.5, 0.6) is 5.75 Å². The highest BCUT2D eigenvalue weighted by Gasteiger charge is 2.36. The first-order valence-electron chi connectivity index (χ1n) is 11.3. The highest BCUT2D eigenvalue weighted by Crippen LogP contribution is 2.38. The van der Waals surface area contributed by atoms with Gasteiger partial charge in [0.15, 0.2) is 0 Å². The summed E-state index contributed by atoms with van der Waals surface area (Å²) in [4.78, 5) is 19.5. The van der Waals surface area contributed by atoms with Crippen LogP contribution in [0.3, 0.4) is 0 Å². The molecule has 0 spiro atoms. The van der Waals surface area contributed by atoms with Gasteiger partial charge in [0.25, 0.3) is 5.89 Å². The smallest absolute Gasteiger partial charge is 0.322 e. The first-order chi connectivity index (χ1) is 15.9. The number of urea groups is 1. The monoisotopic (exact) mass is 446 g/mol. The van der Waals surface area contributed by atoms with E-state index in [1.807, 2.05) is 43.3 Å². The van der Waals surface area contributed by atoms with Gasteiger partial charge in [-0.05, 0) is 42.5 Å². The molecule has 0 radical (unpaired) electrons. The van der Waals surface area contributed by atoms with Gasteiger partial charge in [0.05, 0.1) is 18.7 Å². The highest BCUT2D eigenvalue weighted by molar-refractivity contribution is 5.86. The summed E-state index contributed by atoms with van der Waals surface area (Å²) in [6.45, 7) is 8.82. The Labute approximate surface area is 194 Å². The Kier molecular flexibility index (Phi) is 6.49. The summed E-state index contributed by atoms with van der Waals surface area (Å²) >= 11 is 0. The fourth-order valence-corrected chi connectivity index (χ4v) is 4.03. The van der Waals surface area contributed by atoms with Gasteiger partial charge >= 0.3 is 6.03 Å². The summed E-state index contributed by atoms with van der Waals surface area (Å²) in [6, 6.07) is 15.2. The highest BCUT2D eigenvalue weighted by atomic mass is 16.5. The lowest BCUT2D eigenvalue weighted by Gasteiger charge is -2.36. The SMILES string of the molecule is CCc1ccc(-c2noc(C3=C(C)N(CC(C)C)C(=O)NC3c3ccc(OC)cc3)n2)cc1. The topological polar surface area (TPSA) is 80.5 Å². The minimum absolute atomic E-state index is 0.138. The third-order valence-electron chi connectivity index (χ3n) is 5.87. The second kappa shape index (κ2) is 9.48. The van der Waals surface area contributed by atoms with Crippen molar-refractivity contribution in [3.05, 3.63) is 71.2 Å². The molecule has 2 aromatic carbocycles. The number of aryl methyl sites for hydroxylation is 1. The van der Waals surface area contributed by atoms with Crippen LogP contribution >= 0.6 is 0 Å². The number of allylic oxidation sites excluding steroid dienone is 1. The molecule has 1 aromatic heterocycles. The number of carbonyl (C=O) groups excluding carboxylic acids is 1. The van der Waals surface area contributed by atoms with E-state index < -0.39 is 6.04 Å². The predicted molar refractivity (Wildman–Crippen MR) is 128 cm³/mol. The quantitative estimate of drug-likeness (QED) is 0.521. The van der Waals surface area contributed by atoms with E-state index in [2.05, 4.69) is 43.4 Å². The zero-order valence-electron chi connectivity index (χ0n) is 19.8. The summed E-state index contributed by atoms with van der Waals surface area (Å²) in [5, 5.41) is 7.37. The molecule has 172 valence electrons. The Morgan fingerprint density at radius 1 is 1.12 bits per heavy atom. The Hall–Kier alpha value is -3.61. The molecule has 7 nitrogen and oxygen atoms in total. The fourth-order valence-electron chi connectivity index (χ4n) is 4.03. The number of amides is 2. The maximum absolute atomic E-state index is 13.0. The maximum Gasteiger partial charge on any atom is 0.322 e. The van der Waals surface area contributed by atoms with Crippen LogP contribution in [0.15, 0.2) is 58.8 Å². The largest absolute Gasteiger partial charge is 0.497 e. The van der Waals surface area contributed by atoms with Gasteiger partial charge in [-0.1, -0.05) is 62.3 Å². The fraction of sp³-hybridized carbons (Fsp3) is 0.346. The van der Waals surface area contributed by atoms with Crippen LogP contribution in [0.2, 0.25) is 0 Å². The third-order valence-corrected chi connectivity index (χ3v) is 5.87. The number of nitrogens with one attached hydrogen (secondary N) is 1. The minimum Gasteiger partial charge on any atom is -0.497 e. The lowest BCUT2D eigenvalue weighted by atomic mass is 9.94. The second-order valence-electron chi connectivity index (χ2n) is 8.63. The average molecular weight is 447 g/mol. The van der Waals surface area contributed by atoms with Gasteiger partial charge in [0, 0.05) is 17.8 Å². The molecule has 0 saturated carbocycles. The molecule has 1 aliphatic heterocycles. The maximum atomic E-state index is 13.0. The van der Waals surface area contributed by atoms with E-state index in [9.17, 15) is 4.79 Å². The molecular weight excluding hydrogens is 416 g/mol. The van der Waals surface area contributed by atoms with E-state index in [4.69, 9.17) is 14.2 Å². The number of nitrogens with zero attached hydrogens (tertiary/aromatic N) is 3. The average Bonchev–Trinajstić information content (AvgIpc) is 3.31. The molecule has 0 saturated heterocycles. The molecule has 33 heavy (non-hydrogen) atoms. The van der Waals surface area contributed by atoms with Gasteiger partial charge in [0.1, 0.15) is 5.75 Å². The van der Waals surface area contributed by atoms with E-state index >= 15 is 0 Å². The summed E-state index contributed by atoms with van der Waals surface area (Å²) in [6.07, 6.45) is 0.971. The van der Waals surface area contributed by atoms with E-state index in [1.54, 1.807) is 12.0 Å². The van der Waals surface area contributed by atoms with Crippen LogP contribution in [-0.2, 0) is 6.42 Å². The van der Waals surface area contributed by atoms with E-state index in [1.165, 1.54) is 5.56 Å². The molecule has 2 heterocycles. The van der Waals surface area contributed by atoms with Gasteiger partial charge in [0.2, 0.25) is 5.82 Å². The molecule has 4 rings (SSSR count). The Morgan fingerprint density at radius 2 is 1.82 bits per heavy atom. The van der Waals surface area contributed by atoms with Crippen LogP contribution < -0.4 is 10.1 Å². The lowest BCUT2D eigenvalue weighted by Crippen LogP contribution is -2.47. The van der Waals surface area contributed by atoms with Gasteiger partial charge in [-0.3, -0.25) is 4.90 Å². The first kappa shape index (κ1) is 22.6. The zero-order valence-corrected chi connectivity index (χ0v) is 19.8. The molecular formula is C26H30N4O3. The Morgan fingerprint density at radius 3 is 2.42 bits per heavy atom. The summed E-state index contributed by atoms with van der Waals surface area (Å²) in [7, 11) is 1.63. The molecule has 1 atom stereocenters. The number of benzene rings is 2. The standard InChI is InChI=1S/C26H30N4O3/c1-6-18-7-9-20(10-8-18)24-28-25(33-29-24)22-17(4)30(15-16(2)3)26(31)27-23(22)19-11-13-21(32-5)14-12-19/h7-14,16,23H,6,15H2,1-5H3,(H,27,31). The van der Waals surface area contributed by atoms with Crippen molar-refractivity contribution in [1.82, 2.24) is 20.4 Å². The molecule has 0 aliphatic carbocycles. The number of ether oxygens (including phenoxy) is 1. The van der Waals surface area contributed by atoms with Crippen molar-refractivity contribution >= 4 is 11.6 Å². The molecule has 7 heteroatoms. The number of rotatable bonds is 7. The summed E-state index contributed by atoms with van der Waals surface area (Å²) in [5.41, 5.74) is 4.66. The van der Waals surface area contributed by atoms with Crippen molar-refractivity contribution in [1.29, 1.82) is 0 Å². The van der Waals surface area contributed by atoms with E-state index in [0.29, 0.717) is 24.2 Å². The van der Waals surface area contributed by atoms with Crippen molar-refractivity contribution in [2.45, 2.75) is 40.2 Å². The van der Waals surface area contributed by atoms with Crippen LogP contribution in [0.1, 0.15) is 50.8 Å². The molecule has 0 fully saturated rings. The second-order valence-corrected chi connectivity index (χ2v) is 8.63. The van der Waals surface area contributed by atoms with Crippen LogP contribution in [0, 0.1) is 5.92 Å². The van der Waals surface area contributed by atoms with Gasteiger partial charge in [-0.2, -0.15) is 4.98 Å². The normalized spacial score (nSPS) is 16.4. The number of hydrogen-bond donors (Lipinski definition) is 1. The van der Waals surface area contributed by atoms with Gasteiger partial charge in [-0.15, -0.1) is 0 Å². The zero-order chi connectivity index (χ0) is 23.5. The predicted octanol–water partition coefficient (Wildman–Crippen LogP) is 5.46. The molecule has 3 aromatic rings. The summed E-state index contributed by atoms with van der Waals surface area (Å²) in [5.74, 6) is 1.98. The minimum atomic E-state index is -0.414. The molecule has 1 N–H and O–H groups in total. The van der Waals surface area contributed by atoms with Crippen molar-refractivity contribution in [3.8, 4) is 17.1 Å². The van der Waals surface area contributed by atoms with Gasteiger partial charge < -0.3 is 14.6 Å². The van der Waals surface area contributed by atoms with Crippen molar-refractivity contribution < 1.29 is 14.1 Å². The Balaban J connectivity index is 1.77. The Bertz CT molecular complexity index is 1150. The number of aromatic nitrogens is 2. The lowest BCUT2D eigenvalue weighted by molar-refractivity contribution is 0.199. The van der Waals surface area contributed by atoms with E-state index in [0.717, 1.165) is 34.6 Å². The molecule has 0 bridgehead atoms. The summed E-state index contributed by atoms with van der Waals surface area (Å²) < 4.78 is 11.0. The van der Waals surface area contributed by atoms with E-state index in [-0.39, 0.29) is 6.03 Å². The van der Waals surface area contributed by atoms with Crippen LogP contribution in [0.4, 0.5) is 4.79 Å².